The summed E-state index contributed by atoms with van der Waals surface area (Å²) >= 11 is 0. The van der Waals surface area contributed by atoms with Crippen LogP contribution in [-0.2, 0) is 4.79 Å². The van der Waals surface area contributed by atoms with Gasteiger partial charge in [-0.15, -0.1) is 0 Å². The van der Waals surface area contributed by atoms with E-state index in [1.807, 2.05) is 18.2 Å². The first-order chi connectivity index (χ1) is 7.08. The normalized spacial score (nSPS) is 28.1. The Morgan fingerprint density at radius 2 is 2.13 bits per heavy atom. The van der Waals surface area contributed by atoms with E-state index in [0.29, 0.717) is 12.0 Å². The Morgan fingerprint density at radius 1 is 1.53 bits per heavy atom. The summed E-state index contributed by atoms with van der Waals surface area (Å²) in [5.41, 5.74) is 1.02. The largest absolute Gasteiger partial charge is 0.481 e. The van der Waals surface area contributed by atoms with E-state index in [2.05, 4.69) is 0 Å². The van der Waals surface area contributed by atoms with Gasteiger partial charge in [0.2, 0.25) is 0 Å². The number of nitriles is 1. The lowest BCUT2D eigenvalue weighted by Gasteiger charge is -2.04. The molecule has 0 aromatic heterocycles. The SMILES string of the molecule is CC1(C(=O)O)CC1c1ccc(C#N)cc1. The van der Waals surface area contributed by atoms with Gasteiger partial charge in [-0.2, -0.15) is 5.26 Å². The molecule has 76 valence electrons. The van der Waals surface area contributed by atoms with Crippen molar-refractivity contribution in [1.29, 1.82) is 5.26 Å². The van der Waals surface area contributed by atoms with Crippen LogP contribution in [0.2, 0.25) is 0 Å². The topological polar surface area (TPSA) is 61.1 Å². The zero-order valence-electron chi connectivity index (χ0n) is 8.40. The first-order valence-electron chi connectivity index (χ1n) is 4.81. The molecule has 3 nitrogen and oxygen atoms in total. The van der Waals surface area contributed by atoms with Gasteiger partial charge in [0.25, 0.3) is 0 Å². The lowest BCUT2D eigenvalue weighted by atomic mass is 10.0. The van der Waals surface area contributed by atoms with E-state index in [-0.39, 0.29) is 5.92 Å². The first kappa shape index (κ1) is 9.72. The predicted octanol–water partition coefficient (Wildman–Crippen LogP) is 2.14. The van der Waals surface area contributed by atoms with Crippen LogP contribution in [0.4, 0.5) is 0 Å². The number of rotatable bonds is 2. The summed E-state index contributed by atoms with van der Waals surface area (Å²) in [7, 11) is 0. The van der Waals surface area contributed by atoms with Gasteiger partial charge in [0.15, 0.2) is 0 Å². The molecule has 1 aromatic rings. The molecule has 1 fully saturated rings. The number of aliphatic carboxylic acids is 1. The predicted molar refractivity (Wildman–Crippen MR) is 54.3 cm³/mol. The quantitative estimate of drug-likeness (QED) is 0.797. The van der Waals surface area contributed by atoms with E-state index in [4.69, 9.17) is 10.4 Å². The highest BCUT2D eigenvalue weighted by Gasteiger charge is 2.56. The molecule has 0 spiro atoms. The number of hydrogen-bond donors (Lipinski definition) is 1. The second-order valence-corrected chi connectivity index (χ2v) is 4.21. The third-order valence-electron chi connectivity index (χ3n) is 3.17. The molecular formula is C12H11NO2. The minimum atomic E-state index is -0.739. The summed E-state index contributed by atoms with van der Waals surface area (Å²) in [5.74, 6) is -0.639. The van der Waals surface area contributed by atoms with Gasteiger partial charge in [-0.3, -0.25) is 4.79 Å². The number of carboxylic acid groups (broad SMARTS) is 1. The fourth-order valence-corrected chi connectivity index (χ4v) is 1.88. The molecule has 2 atom stereocenters. The summed E-state index contributed by atoms with van der Waals surface area (Å²) < 4.78 is 0. The van der Waals surface area contributed by atoms with Gasteiger partial charge < -0.3 is 5.11 Å². The molecule has 1 aromatic carbocycles. The number of carbonyl (C=O) groups is 1. The molecule has 3 heteroatoms. The molecule has 1 saturated carbocycles. The molecule has 1 aliphatic carbocycles. The molecule has 2 rings (SSSR count). The highest BCUT2D eigenvalue weighted by molar-refractivity contribution is 5.80. The van der Waals surface area contributed by atoms with E-state index in [1.165, 1.54) is 0 Å². The van der Waals surface area contributed by atoms with Gasteiger partial charge in [0, 0.05) is 5.92 Å². The van der Waals surface area contributed by atoms with Crippen LogP contribution in [0.5, 0.6) is 0 Å². The van der Waals surface area contributed by atoms with Crippen LogP contribution in [0.25, 0.3) is 0 Å². The monoisotopic (exact) mass is 201 g/mol. The van der Waals surface area contributed by atoms with Crippen molar-refractivity contribution in [3.05, 3.63) is 35.4 Å². The van der Waals surface area contributed by atoms with E-state index < -0.39 is 11.4 Å². The van der Waals surface area contributed by atoms with Crippen LogP contribution in [0.15, 0.2) is 24.3 Å². The molecule has 0 saturated heterocycles. The van der Waals surface area contributed by atoms with Gasteiger partial charge in [0.05, 0.1) is 17.0 Å². The Bertz CT molecular complexity index is 444. The van der Waals surface area contributed by atoms with E-state index >= 15 is 0 Å². The molecule has 0 radical (unpaired) electrons. The van der Waals surface area contributed by atoms with E-state index in [9.17, 15) is 4.79 Å². The van der Waals surface area contributed by atoms with Crippen molar-refractivity contribution in [2.45, 2.75) is 19.3 Å². The molecule has 2 unspecified atom stereocenters. The Morgan fingerprint density at radius 3 is 2.53 bits per heavy atom. The van der Waals surface area contributed by atoms with Gasteiger partial charge in [-0.05, 0) is 31.0 Å². The van der Waals surface area contributed by atoms with Crippen LogP contribution in [0, 0.1) is 16.7 Å². The maximum atomic E-state index is 10.9. The Balaban J connectivity index is 2.21. The summed E-state index contributed by atoms with van der Waals surface area (Å²) in [4.78, 5) is 10.9. The summed E-state index contributed by atoms with van der Waals surface area (Å²) in [6, 6.07) is 9.19. The van der Waals surface area contributed by atoms with Crippen LogP contribution >= 0.6 is 0 Å². The summed E-state index contributed by atoms with van der Waals surface area (Å²) in [5, 5.41) is 17.6. The Kier molecular flexibility index (Phi) is 2.01. The molecule has 0 bridgehead atoms. The summed E-state index contributed by atoms with van der Waals surface area (Å²) in [6.07, 6.45) is 0.689. The zero-order valence-corrected chi connectivity index (χ0v) is 8.40. The molecule has 0 aliphatic heterocycles. The number of hydrogen-bond acceptors (Lipinski definition) is 2. The number of carboxylic acids is 1. The second-order valence-electron chi connectivity index (χ2n) is 4.21. The molecular weight excluding hydrogens is 190 g/mol. The fraction of sp³-hybridized carbons (Fsp3) is 0.333. The van der Waals surface area contributed by atoms with Crippen molar-refractivity contribution in [3.63, 3.8) is 0 Å². The summed E-state index contributed by atoms with van der Waals surface area (Å²) in [6.45, 7) is 1.76. The van der Waals surface area contributed by atoms with Crippen molar-refractivity contribution in [1.82, 2.24) is 0 Å². The molecule has 1 aliphatic rings. The minimum Gasteiger partial charge on any atom is -0.481 e. The van der Waals surface area contributed by atoms with Crippen LogP contribution in [0.1, 0.15) is 30.4 Å². The van der Waals surface area contributed by atoms with Crippen molar-refractivity contribution in [2.24, 2.45) is 5.41 Å². The zero-order chi connectivity index (χ0) is 11.1. The molecule has 0 amide bonds. The molecule has 15 heavy (non-hydrogen) atoms. The van der Waals surface area contributed by atoms with Crippen molar-refractivity contribution in [2.75, 3.05) is 0 Å². The lowest BCUT2D eigenvalue weighted by molar-refractivity contribution is -0.142. The van der Waals surface area contributed by atoms with Crippen LogP contribution in [-0.4, -0.2) is 11.1 Å². The Labute approximate surface area is 88.0 Å². The third-order valence-corrected chi connectivity index (χ3v) is 3.17. The number of nitrogens with zero attached hydrogens (tertiary/aromatic N) is 1. The lowest BCUT2D eigenvalue weighted by Crippen LogP contribution is -2.12. The maximum absolute atomic E-state index is 10.9. The average molecular weight is 201 g/mol. The van der Waals surface area contributed by atoms with Crippen LogP contribution < -0.4 is 0 Å². The smallest absolute Gasteiger partial charge is 0.309 e. The van der Waals surface area contributed by atoms with Crippen molar-refractivity contribution < 1.29 is 9.90 Å². The molecule has 1 N–H and O–H groups in total. The fourth-order valence-electron chi connectivity index (χ4n) is 1.88. The van der Waals surface area contributed by atoms with E-state index in [1.54, 1.807) is 19.1 Å². The van der Waals surface area contributed by atoms with Crippen molar-refractivity contribution >= 4 is 5.97 Å². The van der Waals surface area contributed by atoms with Crippen LogP contribution in [0.3, 0.4) is 0 Å². The highest BCUT2D eigenvalue weighted by Crippen LogP contribution is 2.59. The van der Waals surface area contributed by atoms with E-state index in [0.717, 1.165) is 5.56 Å². The second kappa shape index (κ2) is 3.09. The first-order valence-corrected chi connectivity index (χ1v) is 4.81. The third kappa shape index (κ3) is 1.48. The standard InChI is InChI=1S/C12H11NO2/c1-12(11(14)15)6-10(12)9-4-2-8(7-13)3-5-9/h2-5,10H,6H2,1H3,(H,14,15). The van der Waals surface area contributed by atoms with Gasteiger partial charge >= 0.3 is 5.97 Å². The Hall–Kier alpha value is -1.82. The van der Waals surface area contributed by atoms with Gasteiger partial charge in [-0.25, -0.2) is 0 Å². The van der Waals surface area contributed by atoms with Crippen molar-refractivity contribution in [3.8, 4) is 6.07 Å². The van der Waals surface area contributed by atoms with Gasteiger partial charge in [0.1, 0.15) is 0 Å². The average Bonchev–Trinajstić information content (AvgIpc) is 2.93. The number of benzene rings is 1. The highest BCUT2D eigenvalue weighted by atomic mass is 16.4. The maximum Gasteiger partial charge on any atom is 0.309 e. The molecule has 0 heterocycles. The minimum absolute atomic E-state index is 0.0998. The van der Waals surface area contributed by atoms with Gasteiger partial charge in [-0.1, -0.05) is 12.1 Å².